The van der Waals surface area contributed by atoms with Gasteiger partial charge in [-0.3, -0.25) is 0 Å². The molecule has 0 saturated heterocycles. The molecular formula is C18H33F3. The molecule has 0 aliphatic heterocycles. The SMILES string of the molecule is CCCCCC(C)(CCC)C1(CC)CC(C)(C(F)(F)F)C1. The first-order valence-corrected chi connectivity index (χ1v) is 8.66. The van der Waals surface area contributed by atoms with Crippen LogP contribution in [0.25, 0.3) is 0 Å². The fourth-order valence-electron chi connectivity index (χ4n) is 4.72. The van der Waals surface area contributed by atoms with Crippen LogP contribution in [0.3, 0.4) is 0 Å². The second-order valence-electron chi connectivity index (χ2n) is 7.81. The quantitative estimate of drug-likeness (QED) is 0.418. The van der Waals surface area contributed by atoms with Gasteiger partial charge in [-0.2, -0.15) is 13.2 Å². The lowest BCUT2D eigenvalue weighted by Crippen LogP contribution is -2.59. The van der Waals surface area contributed by atoms with Gasteiger partial charge in [0.05, 0.1) is 5.41 Å². The van der Waals surface area contributed by atoms with Crippen molar-refractivity contribution < 1.29 is 13.2 Å². The number of hydrogen-bond donors (Lipinski definition) is 0. The van der Waals surface area contributed by atoms with Crippen molar-refractivity contribution in [2.45, 2.75) is 98.6 Å². The molecule has 0 aromatic rings. The summed E-state index contributed by atoms with van der Waals surface area (Å²) in [6, 6.07) is 0. The van der Waals surface area contributed by atoms with Crippen molar-refractivity contribution in [1.82, 2.24) is 0 Å². The molecule has 0 bridgehead atoms. The van der Waals surface area contributed by atoms with Crippen LogP contribution in [0, 0.1) is 16.2 Å². The van der Waals surface area contributed by atoms with Crippen LogP contribution >= 0.6 is 0 Å². The molecule has 21 heavy (non-hydrogen) atoms. The van der Waals surface area contributed by atoms with Gasteiger partial charge in [0.25, 0.3) is 0 Å². The van der Waals surface area contributed by atoms with Crippen LogP contribution in [0.15, 0.2) is 0 Å². The summed E-state index contributed by atoms with van der Waals surface area (Å²) in [4.78, 5) is 0. The highest BCUT2D eigenvalue weighted by molar-refractivity contribution is 5.10. The highest BCUT2D eigenvalue weighted by Crippen LogP contribution is 2.70. The summed E-state index contributed by atoms with van der Waals surface area (Å²) in [5.74, 6) is 0. The fraction of sp³-hybridized carbons (Fsp3) is 1.00. The van der Waals surface area contributed by atoms with E-state index in [-0.39, 0.29) is 10.8 Å². The Balaban J connectivity index is 2.90. The van der Waals surface area contributed by atoms with E-state index in [1.165, 1.54) is 19.8 Å². The second kappa shape index (κ2) is 6.50. The molecular weight excluding hydrogens is 273 g/mol. The minimum atomic E-state index is -4.05. The summed E-state index contributed by atoms with van der Waals surface area (Å²) in [7, 11) is 0. The Morgan fingerprint density at radius 1 is 0.905 bits per heavy atom. The minimum absolute atomic E-state index is 0.0659. The van der Waals surface area contributed by atoms with Gasteiger partial charge in [0.2, 0.25) is 0 Å². The first kappa shape index (κ1) is 18.8. The third kappa shape index (κ3) is 3.42. The van der Waals surface area contributed by atoms with Crippen molar-refractivity contribution in [2.24, 2.45) is 16.2 Å². The van der Waals surface area contributed by atoms with Crippen molar-refractivity contribution in [1.29, 1.82) is 0 Å². The standard InChI is InChI=1S/C18H33F3/c1-6-9-10-12-15(4,11-7-2)17(8-3)13-16(5,14-17)18(19,20)21/h6-14H2,1-5H3. The molecule has 1 fully saturated rings. The van der Waals surface area contributed by atoms with Crippen LogP contribution in [-0.2, 0) is 0 Å². The van der Waals surface area contributed by atoms with Crippen molar-refractivity contribution in [2.75, 3.05) is 0 Å². The fourth-order valence-corrected chi connectivity index (χ4v) is 4.72. The Hall–Kier alpha value is -0.210. The number of alkyl halides is 3. The number of hydrogen-bond acceptors (Lipinski definition) is 0. The van der Waals surface area contributed by atoms with Crippen LogP contribution < -0.4 is 0 Å². The maximum Gasteiger partial charge on any atom is 0.394 e. The first-order chi connectivity index (χ1) is 9.60. The summed E-state index contributed by atoms with van der Waals surface area (Å²) < 4.78 is 39.7. The summed E-state index contributed by atoms with van der Waals surface area (Å²) in [6.45, 7) is 10.1. The lowest BCUT2D eigenvalue weighted by molar-refractivity contribution is -0.295. The molecule has 1 atom stereocenters. The molecule has 1 rings (SSSR count). The van der Waals surface area contributed by atoms with E-state index in [4.69, 9.17) is 0 Å². The Morgan fingerprint density at radius 3 is 1.86 bits per heavy atom. The first-order valence-electron chi connectivity index (χ1n) is 8.66. The van der Waals surface area contributed by atoms with Gasteiger partial charge in [0.1, 0.15) is 0 Å². The zero-order valence-corrected chi connectivity index (χ0v) is 14.5. The summed E-state index contributed by atoms with van der Waals surface area (Å²) in [6.07, 6.45) is 4.17. The maximum absolute atomic E-state index is 13.2. The monoisotopic (exact) mass is 306 g/mol. The molecule has 0 amide bonds. The molecule has 1 aliphatic rings. The smallest absolute Gasteiger partial charge is 0.171 e. The third-order valence-electron chi connectivity index (χ3n) is 6.23. The summed E-state index contributed by atoms with van der Waals surface area (Å²) >= 11 is 0. The predicted octanol–water partition coefficient (Wildman–Crippen LogP) is 7.13. The van der Waals surface area contributed by atoms with Crippen molar-refractivity contribution in [3.63, 3.8) is 0 Å². The van der Waals surface area contributed by atoms with Gasteiger partial charge in [0, 0.05) is 0 Å². The van der Waals surface area contributed by atoms with Gasteiger partial charge >= 0.3 is 6.18 Å². The molecule has 1 unspecified atom stereocenters. The van der Waals surface area contributed by atoms with Crippen molar-refractivity contribution in [3.05, 3.63) is 0 Å². The number of halogens is 3. The Bertz CT molecular complexity index is 326. The maximum atomic E-state index is 13.2. The Labute approximate surface area is 128 Å². The average molecular weight is 306 g/mol. The van der Waals surface area contributed by atoms with E-state index in [1.807, 2.05) is 0 Å². The van der Waals surface area contributed by atoms with Crippen LogP contribution in [0.1, 0.15) is 92.4 Å². The zero-order valence-electron chi connectivity index (χ0n) is 14.5. The molecule has 0 radical (unpaired) electrons. The molecule has 3 heteroatoms. The molecule has 126 valence electrons. The molecule has 1 aliphatic carbocycles. The van der Waals surface area contributed by atoms with E-state index in [0.29, 0.717) is 12.8 Å². The summed E-state index contributed by atoms with van der Waals surface area (Å²) in [5, 5.41) is 0. The number of unbranched alkanes of at least 4 members (excludes halogenated alkanes) is 2. The second-order valence-corrected chi connectivity index (χ2v) is 7.81. The topological polar surface area (TPSA) is 0 Å². The van der Waals surface area contributed by atoms with E-state index < -0.39 is 11.6 Å². The largest absolute Gasteiger partial charge is 0.394 e. The molecule has 0 heterocycles. The van der Waals surface area contributed by atoms with E-state index in [0.717, 1.165) is 32.1 Å². The third-order valence-corrected chi connectivity index (χ3v) is 6.23. The summed E-state index contributed by atoms with van der Waals surface area (Å²) in [5.41, 5.74) is -1.50. The van der Waals surface area contributed by atoms with Gasteiger partial charge < -0.3 is 0 Å². The van der Waals surface area contributed by atoms with Gasteiger partial charge in [0.15, 0.2) is 0 Å². The highest BCUT2D eigenvalue weighted by atomic mass is 19.4. The zero-order chi connectivity index (χ0) is 16.4. The van der Waals surface area contributed by atoms with E-state index in [9.17, 15) is 13.2 Å². The lowest BCUT2D eigenvalue weighted by Gasteiger charge is -2.63. The molecule has 1 saturated carbocycles. The Morgan fingerprint density at radius 2 is 1.48 bits per heavy atom. The van der Waals surface area contributed by atoms with Gasteiger partial charge in [-0.25, -0.2) is 0 Å². The Kier molecular flexibility index (Phi) is 5.83. The molecule has 0 N–H and O–H groups in total. The van der Waals surface area contributed by atoms with E-state index >= 15 is 0 Å². The van der Waals surface area contributed by atoms with E-state index in [2.05, 4.69) is 27.7 Å². The van der Waals surface area contributed by atoms with Crippen molar-refractivity contribution >= 4 is 0 Å². The number of rotatable bonds is 8. The lowest BCUT2D eigenvalue weighted by atomic mass is 9.42. The van der Waals surface area contributed by atoms with Crippen LogP contribution in [-0.4, -0.2) is 6.18 Å². The molecule has 0 spiro atoms. The minimum Gasteiger partial charge on any atom is -0.171 e. The highest BCUT2D eigenvalue weighted by Gasteiger charge is 2.67. The van der Waals surface area contributed by atoms with Crippen LogP contribution in [0.5, 0.6) is 0 Å². The van der Waals surface area contributed by atoms with E-state index in [1.54, 1.807) is 0 Å². The van der Waals surface area contributed by atoms with Crippen LogP contribution in [0.2, 0.25) is 0 Å². The van der Waals surface area contributed by atoms with Crippen LogP contribution in [0.4, 0.5) is 13.2 Å². The molecule has 0 nitrogen and oxygen atoms in total. The molecule has 0 aromatic heterocycles. The predicted molar refractivity (Wildman–Crippen MR) is 83.3 cm³/mol. The van der Waals surface area contributed by atoms with Crippen molar-refractivity contribution in [3.8, 4) is 0 Å². The normalized spacial score (nSPS) is 32.6. The van der Waals surface area contributed by atoms with Gasteiger partial charge in [-0.1, -0.05) is 60.3 Å². The van der Waals surface area contributed by atoms with Gasteiger partial charge in [-0.05, 0) is 42.9 Å². The average Bonchev–Trinajstić information content (AvgIpc) is 2.33. The van der Waals surface area contributed by atoms with Gasteiger partial charge in [-0.15, -0.1) is 0 Å². The molecule has 0 aromatic carbocycles.